The number of nitrogens with one attached hydrogen (secondary N) is 1. The molecular weight excluding hydrogens is 294 g/mol. The molecule has 0 aromatic heterocycles. The summed E-state index contributed by atoms with van der Waals surface area (Å²) in [6.07, 6.45) is 1.36. The number of carbonyl (C=O) groups is 2. The fourth-order valence-electron chi connectivity index (χ4n) is 2.42. The van der Waals surface area contributed by atoms with Crippen LogP contribution in [-0.2, 0) is 4.79 Å². The number of hydrogen-bond donors (Lipinski definition) is 2. The number of aryl methyl sites for hydroxylation is 1. The maximum atomic E-state index is 12.3. The molecule has 1 aliphatic heterocycles. The predicted octanol–water partition coefficient (Wildman–Crippen LogP) is 2.14. The number of likely N-dealkylation sites (tertiary alicyclic amines) is 1. The Hall–Kier alpha value is -1.95. The molecule has 1 aliphatic rings. The van der Waals surface area contributed by atoms with Crippen LogP contribution in [0.3, 0.4) is 0 Å². The SMILES string of the molecule is COc1cc(Cl)c(C)cc1NC(=O)N1CCC[C@@H]1C(N)=O. The first-order chi connectivity index (χ1) is 9.93. The van der Waals surface area contributed by atoms with E-state index in [-0.39, 0.29) is 6.03 Å². The molecule has 7 heteroatoms. The Kier molecular flexibility index (Phi) is 4.57. The quantitative estimate of drug-likeness (QED) is 0.897. The highest BCUT2D eigenvalue weighted by Gasteiger charge is 2.33. The summed E-state index contributed by atoms with van der Waals surface area (Å²) in [5, 5.41) is 3.31. The number of carbonyl (C=O) groups excluding carboxylic acids is 2. The molecule has 1 heterocycles. The lowest BCUT2D eigenvalue weighted by Crippen LogP contribution is -2.45. The number of methoxy groups -OCH3 is 1. The van der Waals surface area contributed by atoms with Crippen LogP contribution in [-0.4, -0.2) is 36.5 Å². The number of urea groups is 1. The second-order valence-electron chi connectivity index (χ2n) is 4.99. The lowest BCUT2D eigenvalue weighted by Gasteiger charge is -2.23. The molecule has 21 heavy (non-hydrogen) atoms. The summed E-state index contributed by atoms with van der Waals surface area (Å²) in [6.45, 7) is 2.34. The van der Waals surface area contributed by atoms with E-state index in [1.807, 2.05) is 6.92 Å². The average molecular weight is 312 g/mol. The summed E-state index contributed by atoms with van der Waals surface area (Å²) in [5.41, 5.74) is 6.65. The van der Waals surface area contributed by atoms with Crippen LogP contribution in [0.25, 0.3) is 0 Å². The van der Waals surface area contributed by atoms with E-state index in [0.29, 0.717) is 29.4 Å². The highest BCUT2D eigenvalue weighted by atomic mass is 35.5. The fraction of sp³-hybridized carbons (Fsp3) is 0.429. The number of anilines is 1. The Morgan fingerprint density at radius 3 is 2.81 bits per heavy atom. The van der Waals surface area contributed by atoms with Gasteiger partial charge in [0.15, 0.2) is 0 Å². The Labute approximate surface area is 128 Å². The van der Waals surface area contributed by atoms with Crippen molar-refractivity contribution < 1.29 is 14.3 Å². The minimum atomic E-state index is -0.551. The molecule has 0 saturated carbocycles. The van der Waals surface area contributed by atoms with Crippen LogP contribution in [0.4, 0.5) is 10.5 Å². The average Bonchev–Trinajstić information content (AvgIpc) is 2.92. The first-order valence-electron chi connectivity index (χ1n) is 6.65. The van der Waals surface area contributed by atoms with Crippen LogP contribution < -0.4 is 15.8 Å². The number of nitrogens with zero attached hydrogens (tertiary/aromatic N) is 1. The number of benzene rings is 1. The summed E-state index contributed by atoms with van der Waals surface area (Å²) in [4.78, 5) is 25.1. The molecule has 1 fully saturated rings. The highest BCUT2D eigenvalue weighted by Crippen LogP contribution is 2.31. The van der Waals surface area contributed by atoms with Crippen LogP contribution in [0.5, 0.6) is 5.75 Å². The van der Waals surface area contributed by atoms with Crippen LogP contribution in [0.2, 0.25) is 5.02 Å². The highest BCUT2D eigenvalue weighted by molar-refractivity contribution is 6.31. The van der Waals surface area contributed by atoms with Crippen molar-refractivity contribution >= 4 is 29.2 Å². The molecule has 0 aliphatic carbocycles. The van der Waals surface area contributed by atoms with Gasteiger partial charge in [-0.25, -0.2) is 4.79 Å². The molecule has 3 amide bonds. The second-order valence-corrected chi connectivity index (χ2v) is 5.39. The lowest BCUT2D eigenvalue weighted by atomic mass is 10.2. The third kappa shape index (κ3) is 3.21. The topological polar surface area (TPSA) is 84.7 Å². The van der Waals surface area contributed by atoms with Crippen molar-refractivity contribution in [1.29, 1.82) is 0 Å². The molecule has 1 saturated heterocycles. The van der Waals surface area contributed by atoms with Crippen molar-refractivity contribution in [3.05, 3.63) is 22.7 Å². The Bertz CT molecular complexity index is 577. The maximum Gasteiger partial charge on any atom is 0.322 e. The zero-order valence-electron chi connectivity index (χ0n) is 12.0. The van der Waals surface area contributed by atoms with Gasteiger partial charge in [0, 0.05) is 17.6 Å². The third-order valence-corrected chi connectivity index (χ3v) is 3.97. The smallest absolute Gasteiger partial charge is 0.322 e. The van der Waals surface area contributed by atoms with Gasteiger partial charge in [0.25, 0.3) is 0 Å². The molecule has 1 aromatic rings. The molecule has 114 valence electrons. The molecular formula is C14H18ClN3O3. The molecule has 0 spiro atoms. The van der Waals surface area contributed by atoms with Gasteiger partial charge >= 0.3 is 6.03 Å². The Morgan fingerprint density at radius 1 is 1.48 bits per heavy atom. The van der Waals surface area contributed by atoms with E-state index < -0.39 is 11.9 Å². The molecule has 0 unspecified atom stereocenters. The van der Waals surface area contributed by atoms with Gasteiger partial charge in [-0.2, -0.15) is 0 Å². The third-order valence-electron chi connectivity index (χ3n) is 3.56. The predicted molar refractivity (Wildman–Crippen MR) is 80.7 cm³/mol. The standard InChI is InChI=1S/C14H18ClN3O3/c1-8-6-10(12(21-2)7-9(8)15)17-14(20)18-5-3-4-11(18)13(16)19/h6-7,11H,3-5H2,1-2H3,(H2,16,19)(H,17,20)/t11-/m1/s1. The molecule has 6 nitrogen and oxygen atoms in total. The first-order valence-corrected chi connectivity index (χ1v) is 7.03. The van der Waals surface area contributed by atoms with Crippen LogP contribution in [0.15, 0.2) is 12.1 Å². The molecule has 1 aromatic carbocycles. The summed E-state index contributed by atoms with van der Waals surface area (Å²) in [7, 11) is 1.50. The second kappa shape index (κ2) is 6.22. The van der Waals surface area contributed by atoms with Crippen LogP contribution >= 0.6 is 11.6 Å². The van der Waals surface area contributed by atoms with E-state index in [2.05, 4.69) is 5.32 Å². The van der Waals surface area contributed by atoms with Gasteiger partial charge in [0.05, 0.1) is 12.8 Å². The molecule has 1 atom stereocenters. The summed E-state index contributed by atoms with van der Waals surface area (Å²) >= 11 is 6.03. The zero-order valence-corrected chi connectivity index (χ0v) is 12.7. The fourth-order valence-corrected chi connectivity index (χ4v) is 2.58. The van der Waals surface area contributed by atoms with E-state index in [0.717, 1.165) is 12.0 Å². The van der Waals surface area contributed by atoms with E-state index in [4.69, 9.17) is 22.1 Å². The van der Waals surface area contributed by atoms with Gasteiger partial charge in [-0.1, -0.05) is 11.6 Å². The van der Waals surface area contributed by atoms with E-state index in [9.17, 15) is 9.59 Å². The summed E-state index contributed by atoms with van der Waals surface area (Å²) < 4.78 is 5.21. The molecule has 3 N–H and O–H groups in total. The normalized spacial score (nSPS) is 17.7. The van der Waals surface area contributed by atoms with Crippen molar-refractivity contribution in [2.45, 2.75) is 25.8 Å². The number of nitrogens with two attached hydrogens (primary N) is 1. The van der Waals surface area contributed by atoms with Crippen LogP contribution in [0.1, 0.15) is 18.4 Å². The van der Waals surface area contributed by atoms with Crippen molar-refractivity contribution in [2.75, 3.05) is 19.0 Å². The number of rotatable bonds is 3. The maximum absolute atomic E-state index is 12.3. The zero-order chi connectivity index (χ0) is 15.6. The van der Waals surface area contributed by atoms with Gasteiger partial charge < -0.3 is 20.7 Å². The molecule has 0 radical (unpaired) electrons. The number of primary amides is 1. The number of hydrogen-bond acceptors (Lipinski definition) is 3. The van der Waals surface area contributed by atoms with E-state index >= 15 is 0 Å². The number of halogens is 1. The van der Waals surface area contributed by atoms with Gasteiger partial charge in [-0.15, -0.1) is 0 Å². The van der Waals surface area contributed by atoms with Gasteiger partial charge in [-0.05, 0) is 31.4 Å². The van der Waals surface area contributed by atoms with Crippen LogP contribution in [0, 0.1) is 6.92 Å². The Morgan fingerprint density at radius 2 is 2.19 bits per heavy atom. The van der Waals surface area contributed by atoms with Gasteiger partial charge in [-0.3, -0.25) is 4.79 Å². The van der Waals surface area contributed by atoms with E-state index in [1.165, 1.54) is 12.0 Å². The number of ether oxygens (including phenoxy) is 1. The molecule has 2 rings (SSSR count). The van der Waals surface area contributed by atoms with Crippen molar-refractivity contribution in [2.24, 2.45) is 5.73 Å². The van der Waals surface area contributed by atoms with Crippen molar-refractivity contribution in [3.63, 3.8) is 0 Å². The molecule has 0 bridgehead atoms. The Balaban J connectivity index is 2.20. The largest absolute Gasteiger partial charge is 0.495 e. The monoisotopic (exact) mass is 311 g/mol. The minimum Gasteiger partial charge on any atom is -0.495 e. The first kappa shape index (κ1) is 15.4. The van der Waals surface area contributed by atoms with E-state index in [1.54, 1.807) is 12.1 Å². The minimum absolute atomic E-state index is 0.365. The summed E-state index contributed by atoms with van der Waals surface area (Å²) in [6, 6.07) is 2.46. The van der Waals surface area contributed by atoms with Gasteiger partial charge in [0.2, 0.25) is 5.91 Å². The van der Waals surface area contributed by atoms with Crippen molar-refractivity contribution in [3.8, 4) is 5.75 Å². The summed E-state index contributed by atoms with van der Waals surface area (Å²) in [5.74, 6) is -0.0179. The lowest BCUT2D eigenvalue weighted by molar-refractivity contribution is -0.121. The number of amides is 3. The van der Waals surface area contributed by atoms with Gasteiger partial charge in [0.1, 0.15) is 11.8 Å². The van der Waals surface area contributed by atoms with Crippen molar-refractivity contribution in [1.82, 2.24) is 4.90 Å².